The van der Waals surface area contributed by atoms with Gasteiger partial charge in [-0.3, -0.25) is 9.59 Å². The van der Waals surface area contributed by atoms with Gasteiger partial charge in [-0.05, 0) is 45.3 Å². The molecule has 2 heterocycles. The van der Waals surface area contributed by atoms with Crippen LogP contribution in [0.5, 0.6) is 0 Å². The van der Waals surface area contributed by atoms with E-state index >= 15 is 0 Å². The van der Waals surface area contributed by atoms with E-state index < -0.39 is 0 Å². The van der Waals surface area contributed by atoms with Crippen LogP contribution in [-0.2, 0) is 20.5 Å². The average Bonchev–Trinajstić information content (AvgIpc) is 3.18. The number of piperidine rings is 1. The van der Waals surface area contributed by atoms with E-state index in [1.54, 1.807) is 6.08 Å². The van der Waals surface area contributed by atoms with E-state index in [0.717, 1.165) is 17.1 Å². The highest BCUT2D eigenvalue weighted by Gasteiger charge is 2.30. The van der Waals surface area contributed by atoms with Gasteiger partial charge in [0.15, 0.2) is 0 Å². The van der Waals surface area contributed by atoms with Gasteiger partial charge in [0.05, 0.1) is 11.2 Å². The number of nitrogens with zero attached hydrogens (tertiary/aromatic N) is 3. The van der Waals surface area contributed by atoms with Crippen molar-refractivity contribution in [2.75, 3.05) is 18.4 Å². The molecule has 2 amide bonds. The topological polar surface area (TPSA) is 67.2 Å². The molecule has 0 bridgehead atoms. The molecule has 172 valence electrons. The van der Waals surface area contributed by atoms with Gasteiger partial charge in [0.2, 0.25) is 11.8 Å². The summed E-state index contributed by atoms with van der Waals surface area (Å²) in [5.74, 6) is 0.617. The number of carbonyl (C=O) groups excluding carboxylic acids is 2. The molecule has 0 spiro atoms. The Balaban J connectivity index is 1.61. The Hall–Kier alpha value is -2.89. The van der Waals surface area contributed by atoms with Crippen LogP contribution in [0.1, 0.15) is 65.6 Å². The van der Waals surface area contributed by atoms with E-state index in [9.17, 15) is 9.59 Å². The van der Waals surface area contributed by atoms with Gasteiger partial charge in [0, 0.05) is 36.6 Å². The molecule has 0 aliphatic carbocycles. The Kier molecular flexibility index (Phi) is 6.91. The van der Waals surface area contributed by atoms with Crippen LogP contribution in [0.3, 0.4) is 0 Å². The third-order valence-corrected chi connectivity index (χ3v) is 5.76. The zero-order valence-electron chi connectivity index (χ0n) is 20.2. The molecule has 0 radical (unpaired) electrons. The minimum Gasteiger partial charge on any atom is -0.339 e. The van der Waals surface area contributed by atoms with Gasteiger partial charge >= 0.3 is 0 Å². The molecule has 1 aromatic carbocycles. The Bertz CT molecular complexity index is 969. The molecule has 3 rings (SSSR count). The predicted octanol–water partition coefficient (Wildman–Crippen LogP) is 4.83. The molecule has 6 nitrogen and oxygen atoms in total. The van der Waals surface area contributed by atoms with Crippen molar-refractivity contribution in [2.45, 2.75) is 65.3 Å². The average molecular weight is 437 g/mol. The van der Waals surface area contributed by atoms with Crippen molar-refractivity contribution in [2.24, 2.45) is 5.92 Å². The molecule has 32 heavy (non-hydrogen) atoms. The fraction of sp³-hybridized carbons (Fsp3) is 0.500. The molecule has 0 saturated carbocycles. The van der Waals surface area contributed by atoms with E-state index in [1.165, 1.54) is 0 Å². The lowest BCUT2D eigenvalue weighted by Crippen LogP contribution is -2.41. The van der Waals surface area contributed by atoms with Gasteiger partial charge in [0.1, 0.15) is 5.82 Å². The largest absolute Gasteiger partial charge is 0.339 e. The highest BCUT2D eigenvalue weighted by molar-refractivity contribution is 5.93. The summed E-state index contributed by atoms with van der Waals surface area (Å²) in [5.41, 5.74) is 1.61. The lowest BCUT2D eigenvalue weighted by Gasteiger charge is -2.31. The number of hydrogen-bond donors (Lipinski definition) is 1. The summed E-state index contributed by atoms with van der Waals surface area (Å²) in [6, 6.07) is 11.8. The Labute approximate surface area is 191 Å². The Morgan fingerprint density at radius 1 is 1.03 bits per heavy atom. The van der Waals surface area contributed by atoms with Gasteiger partial charge in [-0.2, -0.15) is 5.10 Å². The minimum absolute atomic E-state index is 0.00258. The molecule has 1 N–H and O–H groups in total. The van der Waals surface area contributed by atoms with Crippen molar-refractivity contribution in [1.29, 1.82) is 0 Å². The van der Waals surface area contributed by atoms with Crippen molar-refractivity contribution >= 4 is 23.7 Å². The number of aromatic nitrogens is 2. The monoisotopic (exact) mass is 436 g/mol. The molecular weight excluding hydrogens is 400 g/mol. The second-order valence-electron chi connectivity index (χ2n) is 10.6. The van der Waals surface area contributed by atoms with Crippen molar-refractivity contribution in [3.05, 3.63) is 53.7 Å². The summed E-state index contributed by atoms with van der Waals surface area (Å²) in [4.78, 5) is 27.4. The molecule has 2 aromatic rings. The molecule has 1 saturated heterocycles. The van der Waals surface area contributed by atoms with E-state index in [4.69, 9.17) is 5.10 Å². The molecule has 1 aromatic heterocycles. The normalized spacial score (nSPS) is 15.9. The summed E-state index contributed by atoms with van der Waals surface area (Å²) < 4.78 is 1.90. The van der Waals surface area contributed by atoms with Gasteiger partial charge in [-0.15, -0.1) is 0 Å². The number of nitrogens with one attached hydrogen (secondary N) is 1. The van der Waals surface area contributed by atoms with Gasteiger partial charge < -0.3 is 10.2 Å². The summed E-state index contributed by atoms with van der Waals surface area (Å²) in [6.45, 7) is 13.8. The van der Waals surface area contributed by atoms with Gasteiger partial charge in [-0.1, -0.05) is 51.1 Å². The van der Waals surface area contributed by atoms with Crippen molar-refractivity contribution in [1.82, 2.24) is 14.7 Å². The molecule has 1 aliphatic rings. The Morgan fingerprint density at radius 3 is 2.22 bits per heavy atom. The molecule has 1 fully saturated rings. The highest BCUT2D eigenvalue weighted by Crippen LogP contribution is 2.29. The zero-order valence-corrected chi connectivity index (χ0v) is 20.2. The molecule has 0 unspecified atom stereocenters. The minimum atomic E-state index is -0.243. The molecule has 0 atom stereocenters. The van der Waals surface area contributed by atoms with Crippen LogP contribution in [-0.4, -0.2) is 39.6 Å². The van der Waals surface area contributed by atoms with E-state index in [2.05, 4.69) is 46.9 Å². The van der Waals surface area contributed by atoms with Crippen LogP contribution in [0.2, 0.25) is 0 Å². The van der Waals surface area contributed by atoms with E-state index in [1.807, 2.05) is 52.1 Å². The summed E-state index contributed by atoms with van der Waals surface area (Å²) in [6.07, 6.45) is 4.77. The lowest BCUT2D eigenvalue weighted by atomic mass is 9.92. The standard InChI is InChI=1S/C26H36N4O2/c1-25(2,3)21-18-22(30(28-21)26(4,5)6)27-24(32)20-14-16-29(17-15-20)23(31)13-12-19-10-8-7-9-11-19/h7-13,18,20H,14-17H2,1-6H3,(H,27,32)/b13-12+. The van der Waals surface area contributed by atoms with Crippen molar-refractivity contribution in [3.63, 3.8) is 0 Å². The first-order chi connectivity index (χ1) is 14.9. The van der Waals surface area contributed by atoms with Gasteiger partial charge in [0.25, 0.3) is 0 Å². The number of amides is 2. The molecule has 6 heteroatoms. The van der Waals surface area contributed by atoms with Gasteiger partial charge in [-0.25, -0.2) is 4.68 Å². The fourth-order valence-electron chi connectivity index (χ4n) is 3.78. The van der Waals surface area contributed by atoms with E-state index in [-0.39, 0.29) is 28.7 Å². The maximum absolute atomic E-state index is 13.0. The van der Waals surface area contributed by atoms with Crippen molar-refractivity contribution < 1.29 is 9.59 Å². The molecular formula is C26H36N4O2. The van der Waals surface area contributed by atoms with Crippen LogP contribution in [0.15, 0.2) is 42.5 Å². The SMILES string of the molecule is CC(C)(C)c1cc(NC(=O)C2CCN(C(=O)/C=C/c3ccccc3)CC2)n(C(C)(C)C)n1. The summed E-state index contributed by atoms with van der Waals surface area (Å²) in [5, 5.41) is 7.89. The highest BCUT2D eigenvalue weighted by atomic mass is 16.2. The fourth-order valence-corrected chi connectivity index (χ4v) is 3.78. The number of likely N-dealkylation sites (tertiary alicyclic amines) is 1. The smallest absolute Gasteiger partial charge is 0.246 e. The lowest BCUT2D eigenvalue weighted by molar-refractivity contribution is -0.130. The second-order valence-corrected chi connectivity index (χ2v) is 10.6. The van der Waals surface area contributed by atoms with Crippen LogP contribution in [0, 0.1) is 5.92 Å². The van der Waals surface area contributed by atoms with Crippen LogP contribution in [0.25, 0.3) is 6.08 Å². The number of benzene rings is 1. The first kappa shape index (κ1) is 23.8. The summed E-state index contributed by atoms with van der Waals surface area (Å²) >= 11 is 0. The first-order valence-corrected chi connectivity index (χ1v) is 11.4. The first-order valence-electron chi connectivity index (χ1n) is 11.4. The number of rotatable bonds is 4. The zero-order chi connectivity index (χ0) is 23.5. The van der Waals surface area contributed by atoms with Crippen LogP contribution < -0.4 is 5.32 Å². The van der Waals surface area contributed by atoms with E-state index in [0.29, 0.717) is 25.9 Å². The van der Waals surface area contributed by atoms with Crippen LogP contribution in [0.4, 0.5) is 5.82 Å². The van der Waals surface area contributed by atoms with Crippen molar-refractivity contribution in [3.8, 4) is 0 Å². The maximum atomic E-state index is 13.0. The number of carbonyl (C=O) groups is 2. The third-order valence-electron chi connectivity index (χ3n) is 5.76. The third kappa shape index (κ3) is 5.87. The number of hydrogen-bond acceptors (Lipinski definition) is 3. The maximum Gasteiger partial charge on any atom is 0.246 e. The second kappa shape index (κ2) is 9.31. The quantitative estimate of drug-likeness (QED) is 0.699. The summed E-state index contributed by atoms with van der Waals surface area (Å²) in [7, 11) is 0. The molecule has 1 aliphatic heterocycles. The van der Waals surface area contributed by atoms with Crippen LogP contribution >= 0.6 is 0 Å². The predicted molar refractivity (Wildman–Crippen MR) is 129 cm³/mol. The number of anilines is 1. The Morgan fingerprint density at radius 2 is 1.66 bits per heavy atom.